The number of hydrogen-bond acceptors (Lipinski definition) is 5. The van der Waals surface area contributed by atoms with Gasteiger partial charge in [0.15, 0.2) is 0 Å². The van der Waals surface area contributed by atoms with Crippen molar-refractivity contribution in [1.29, 1.82) is 0 Å². The van der Waals surface area contributed by atoms with Crippen LogP contribution in [-0.4, -0.2) is 18.2 Å². The number of nitrogens with one attached hydrogen (secondary N) is 2. The summed E-state index contributed by atoms with van der Waals surface area (Å²) >= 11 is 12.2. The van der Waals surface area contributed by atoms with Crippen LogP contribution in [0.2, 0.25) is 10.0 Å². The number of urea groups is 1. The number of isocyanates is 2. The number of amides is 2. The smallest absolute Gasteiger partial charge is 0.306 e. The average Bonchev–Trinajstić information content (AvgIpc) is 2.56. The van der Waals surface area contributed by atoms with Gasteiger partial charge in [-0.3, -0.25) is 0 Å². The zero-order valence-corrected chi connectivity index (χ0v) is 15.2. The first-order valence-corrected chi connectivity index (χ1v) is 7.95. The normalized spacial score (nSPS) is 9.69. The molecule has 0 spiro atoms. The number of anilines is 2. The van der Waals surface area contributed by atoms with E-state index in [1.807, 2.05) is 0 Å². The van der Waals surface area contributed by atoms with Gasteiger partial charge in [0.1, 0.15) is 0 Å². The molecule has 0 radical (unpaired) electrons. The van der Waals surface area contributed by atoms with E-state index in [2.05, 4.69) is 20.6 Å². The SMILES string of the molecule is Cc1cc(Cl)c(NC(=O)Nc2cc(N=C=O)c(C)cc2Cl)cc1N=C=O. The lowest BCUT2D eigenvalue weighted by Crippen LogP contribution is -2.20. The fourth-order valence-electron chi connectivity index (χ4n) is 2.13. The van der Waals surface area contributed by atoms with Crippen molar-refractivity contribution >= 4 is 64.1 Å². The van der Waals surface area contributed by atoms with Gasteiger partial charge in [-0.15, -0.1) is 0 Å². The number of rotatable bonds is 4. The molecule has 0 aliphatic heterocycles. The van der Waals surface area contributed by atoms with Crippen LogP contribution in [0, 0.1) is 13.8 Å². The van der Waals surface area contributed by atoms with Crippen LogP contribution in [0.25, 0.3) is 0 Å². The Morgan fingerprint density at radius 3 is 1.58 bits per heavy atom. The minimum absolute atomic E-state index is 0.248. The topological polar surface area (TPSA) is 100.0 Å². The molecule has 0 atom stereocenters. The maximum absolute atomic E-state index is 12.2. The molecule has 26 heavy (non-hydrogen) atoms. The molecule has 0 bridgehead atoms. The van der Waals surface area contributed by atoms with Gasteiger partial charge in [0.05, 0.1) is 32.8 Å². The molecule has 2 amide bonds. The summed E-state index contributed by atoms with van der Waals surface area (Å²) < 4.78 is 0. The standard InChI is InChI=1S/C17H12Cl2N4O3/c1-9-3-11(18)15(5-13(9)20-7-24)22-17(26)23-16-6-14(21-8-25)10(2)4-12(16)19/h3-6H,1-2H3,(H2,22,23,26). The van der Waals surface area contributed by atoms with Gasteiger partial charge in [-0.05, 0) is 49.2 Å². The van der Waals surface area contributed by atoms with E-state index in [9.17, 15) is 14.4 Å². The molecule has 132 valence electrons. The summed E-state index contributed by atoms with van der Waals surface area (Å²) in [7, 11) is 0. The van der Waals surface area contributed by atoms with E-state index in [1.54, 1.807) is 26.0 Å². The molecule has 2 aromatic carbocycles. The average molecular weight is 391 g/mol. The molecule has 9 heteroatoms. The summed E-state index contributed by atoms with van der Waals surface area (Å²) in [5.41, 5.74) is 2.46. The van der Waals surface area contributed by atoms with Crippen molar-refractivity contribution in [2.45, 2.75) is 13.8 Å². The van der Waals surface area contributed by atoms with Crippen molar-refractivity contribution in [1.82, 2.24) is 0 Å². The number of carbonyl (C=O) groups excluding carboxylic acids is 3. The third kappa shape index (κ3) is 4.57. The highest BCUT2D eigenvalue weighted by atomic mass is 35.5. The molecule has 0 aliphatic carbocycles. The van der Waals surface area contributed by atoms with Gasteiger partial charge in [-0.25, -0.2) is 14.4 Å². The number of halogens is 2. The molecular formula is C17H12Cl2N4O3. The number of hydrogen-bond donors (Lipinski definition) is 2. The Morgan fingerprint density at radius 1 is 0.846 bits per heavy atom. The van der Waals surface area contributed by atoms with Gasteiger partial charge >= 0.3 is 6.03 Å². The van der Waals surface area contributed by atoms with E-state index in [1.165, 1.54) is 24.3 Å². The first-order valence-electron chi connectivity index (χ1n) is 7.19. The summed E-state index contributed by atoms with van der Waals surface area (Å²) in [6.45, 7) is 3.43. The van der Waals surface area contributed by atoms with Crippen molar-refractivity contribution < 1.29 is 14.4 Å². The molecule has 0 fully saturated rings. The predicted molar refractivity (Wildman–Crippen MR) is 101 cm³/mol. The Bertz CT molecular complexity index is 901. The molecule has 0 unspecified atom stereocenters. The van der Waals surface area contributed by atoms with Gasteiger partial charge < -0.3 is 10.6 Å². The molecular weight excluding hydrogens is 379 g/mol. The monoisotopic (exact) mass is 390 g/mol. The molecule has 0 aliphatic rings. The number of benzene rings is 2. The van der Waals surface area contributed by atoms with Crippen molar-refractivity contribution in [3.8, 4) is 0 Å². The third-order valence-electron chi connectivity index (χ3n) is 3.40. The van der Waals surface area contributed by atoms with Crippen LogP contribution >= 0.6 is 23.2 Å². The highest BCUT2D eigenvalue weighted by molar-refractivity contribution is 6.35. The summed E-state index contributed by atoms with van der Waals surface area (Å²) in [4.78, 5) is 40.3. The number of nitrogens with zero attached hydrogens (tertiary/aromatic N) is 2. The van der Waals surface area contributed by atoms with Crippen LogP contribution in [0.3, 0.4) is 0 Å². The molecule has 2 N–H and O–H groups in total. The van der Waals surface area contributed by atoms with Crippen molar-refractivity contribution in [2.75, 3.05) is 10.6 Å². The lowest BCUT2D eigenvalue weighted by molar-refractivity contribution is 0.262. The van der Waals surface area contributed by atoms with Crippen molar-refractivity contribution in [3.63, 3.8) is 0 Å². The molecule has 7 nitrogen and oxygen atoms in total. The molecule has 0 saturated carbocycles. The highest BCUT2D eigenvalue weighted by Crippen LogP contribution is 2.32. The van der Waals surface area contributed by atoms with Crippen molar-refractivity contribution in [2.24, 2.45) is 9.98 Å². The lowest BCUT2D eigenvalue weighted by atomic mass is 10.2. The van der Waals surface area contributed by atoms with Crippen molar-refractivity contribution in [3.05, 3.63) is 45.4 Å². The largest absolute Gasteiger partial charge is 0.323 e. The quantitative estimate of drug-likeness (QED) is 0.554. The molecule has 0 heterocycles. The van der Waals surface area contributed by atoms with E-state index in [-0.39, 0.29) is 21.4 Å². The maximum Gasteiger partial charge on any atom is 0.323 e. The first-order chi connectivity index (χ1) is 12.3. The fourth-order valence-corrected chi connectivity index (χ4v) is 2.66. The molecule has 2 rings (SSSR count). The van der Waals surface area contributed by atoms with Gasteiger partial charge in [-0.2, -0.15) is 9.98 Å². The second-order valence-corrected chi connectivity index (χ2v) is 6.04. The van der Waals surface area contributed by atoms with E-state index < -0.39 is 6.03 Å². The second-order valence-electron chi connectivity index (χ2n) is 5.22. The van der Waals surface area contributed by atoms with E-state index >= 15 is 0 Å². The Hall–Kier alpha value is -2.95. The van der Waals surface area contributed by atoms with Crippen LogP contribution in [-0.2, 0) is 9.59 Å². The Kier molecular flexibility index (Phi) is 6.28. The summed E-state index contributed by atoms with van der Waals surface area (Å²) in [5, 5.41) is 5.61. The van der Waals surface area contributed by atoms with E-state index in [4.69, 9.17) is 23.2 Å². The van der Waals surface area contributed by atoms with Crippen LogP contribution in [0.5, 0.6) is 0 Å². The maximum atomic E-state index is 12.2. The fraction of sp³-hybridized carbons (Fsp3) is 0.118. The van der Waals surface area contributed by atoms with Gasteiger partial charge in [0, 0.05) is 0 Å². The van der Waals surface area contributed by atoms with E-state index in [0.717, 1.165) is 0 Å². The van der Waals surface area contributed by atoms with Gasteiger partial charge in [-0.1, -0.05) is 23.2 Å². The highest BCUT2D eigenvalue weighted by Gasteiger charge is 2.12. The number of carbonyl (C=O) groups is 1. The van der Waals surface area contributed by atoms with Crippen LogP contribution in [0.15, 0.2) is 34.3 Å². The Morgan fingerprint density at radius 2 is 1.23 bits per heavy atom. The molecule has 0 saturated heterocycles. The molecule has 0 aromatic heterocycles. The molecule has 2 aromatic rings. The Labute approximate surface area is 158 Å². The van der Waals surface area contributed by atoms with Crippen LogP contribution in [0.1, 0.15) is 11.1 Å². The van der Waals surface area contributed by atoms with Crippen LogP contribution in [0.4, 0.5) is 27.5 Å². The number of aliphatic imine (C=N–C) groups is 2. The lowest BCUT2D eigenvalue weighted by Gasteiger charge is -2.12. The predicted octanol–water partition coefficient (Wildman–Crippen LogP) is 5.19. The van der Waals surface area contributed by atoms with Crippen LogP contribution < -0.4 is 10.6 Å². The summed E-state index contributed by atoms with van der Waals surface area (Å²) in [5.74, 6) is 0. The van der Waals surface area contributed by atoms with E-state index in [0.29, 0.717) is 22.5 Å². The van der Waals surface area contributed by atoms with Gasteiger partial charge in [0.2, 0.25) is 12.2 Å². The summed E-state index contributed by atoms with van der Waals surface area (Å²) in [6, 6.07) is 5.37. The van der Waals surface area contributed by atoms with Gasteiger partial charge in [0.25, 0.3) is 0 Å². The zero-order chi connectivity index (χ0) is 19.3. The number of aryl methyl sites for hydroxylation is 2. The first kappa shape index (κ1) is 19.4. The second kappa shape index (κ2) is 8.43. The minimum atomic E-state index is -0.636. The Balaban J connectivity index is 2.27. The third-order valence-corrected chi connectivity index (χ3v) is 4.03. The zero-order valence-electron chi connectivity index (χ0n) is 13.7. The minimum Gasteiger partial charge on any atom is -0.306 e. The summed E-state index contributed by atoms with van der Waals surface area (Å²) in [6.07, 6.45) is 2.88.